The monoisotopic (exact) mass is 354 g/mol. The molecule has 0 saturated carbocycles. The standard InChI is InChI=1S/C14H23ClN2O2S.ClH/c1-6-9(2)11(12-16-10(7-15)8-20-12)17-13(18)19-14(3,4)5;/h8-9,11H,6-7H2,1-5H3,(H,17,18);1H/p-1/t9-,11-;/m0./s1/i11D;. The van der Waals surface area contributed by atoms with Gasteiger partial charge in [0, 0.05) is 5.38 Å². The fourth-order valence-electron chi connectivity index (χ4n) is 1.50. The number of halogens is 2. The molecular weight excluding hydrogens is 331 g/mol. The van der Waals surface area contributed by atoms with Crippen molar-refractivity contribution in [2.75, 3.05) is 0 Å². The first-order valence-electron chi connectivity index (χ1n) is 7.14. The van der Waals surface area contributed by atoms with Gasteiger partial charge in [-0.3, -0.25) is 0 Å². The van der Waals surface area contributed by atoms with Crippen molar-refractivity contribution in [1.82, 2.24) is 10.3 Å². The van der Waals surface area contributed by atoms with Crippen LogP contribution < -0.4 is 17.7 Å². The summed E-state index contributed by atoms with van der Waals surface area (Å²) in [6.07, 6.45) is 0.121. The Balaban J connectivity index is 0.00000441. The van der Waals surface area contributed by atoms with Gasteiger partial charge in [0.15, 0.2) is 0 Å². The highest BCUT2D eigenvalue weighted by Gasteiger charge is 2.26. The van der Waals surface area contributed by atoms with Gasteiger partial charge in [0.25, 0.3) is 0 Å². The molecule has 1 aromatic heterocycles. The lowest BCUT2D eigenvalue weighted by atomic mass is 10.00. The number of amides is 1. The predicted octanol–water partition coefficient (Wildman–Crippen LogP) is 1.50. The van der Waals surface area contributed by atoms with Crippen molar-refractivity contribution in [3.63, 3.8) is 0 Å². The van der Waals surface area contributed by atoms with Gasteiger partial charge in [0.1, 0.15) is 10.6 Å². The number of rotatable bonds is 5. The van der Waals surface area contributed by atoms with Crippen LogP contribution in [0.1, 0.15) is 59.1 Å². The molecule has 4 nitrogen and oxygen atoms in total. The van der Waals surface area contributed by atoms with Gasteiger partial charge in [-0.2, -0.15) is 0 Å². The Kier molecular flexibility index (Phi) is 7.77. The molecule has 21 heavy (non-hydrogen) atoms. The van der Waals surface area contributed by atoms with Crippen molar-refractivity contribution in [3.05, 3.63) is 16.1 Å². The molecule has 0 saturated heterocycles. The van der Waals surface area contributed by atoms with Crippen molar-refractivity contribution in [3.8, 4) is 0 Å². The molecule has 1 heterocycles. The van der Waals surface area contributed by atoms with Crippen molar-refractivity contribution in [2.45, 2.75) is 58.5 Å². The Labute approximate surface area is 143 Å². The number of nitrogens with one attached hydrogen (secondary N) is 1. The maximum absolute atomic E-state index is 12.0. The summed E-state index contributed by atoms with van der Waals surface area (Å²) < 4.78 is 14.0. The van der Waals surface area contributed by atoms with Crippen LogP contribution in [0.15, 0.2) is 5.38 Å². The van der Waals surface area contributed by atoms with Gasteiger partial charge < -0.3 is 22.5 Å². The van der Waals surface area contributed by atoms with Gasteiger partial charge in [0.2, 0.25) is 0 Å². The molecule has 0 aliphatic heterocycles. The Morgan fingerprint density at radius 1 is 1.62 bits per heavy atom. The molecule has 1 aromatic rings. The van der Waals surface area contributed by atoms with Gasteiger partial charge in [-0.1, -0.05) is 20.3 Å². The van der Waals surface area contributed by atoms with E-state index in [1.807, 2.05) is 19.2 Å². The molecule has 1 rings (SSSR count). The molecule has 0 bridgehead atoms. The third kappa shape index (κ3) is 6.85. The number of hydrogen-bond acceptors (Lipinski definition) is 4. The number of aromatic nitrogens is 1. The number of carbonyl (C=O) groups excluding carboxylic acids is 1. The Morgan fingerprint density at radius 3 is 2.67 bits per heavy atom. The summed E-state index contributed by atoms with van der Waals surface area (Å²) in [6.45, 7) is 9.25. The number of carbonyl (C=O) groups is 1. The van der Waals surface area contributed by atoms with E-state index in [1.165, 1.54) is 11.3 Å². The van der Waals surface area contributed by atoms with Crippen LogP contribution in [-0.2, 0) is 10.6 Å². The number of ether oxygens (including phenoxy) is 1. The average Bonchev–Trinajstić information content (AvgIpc) is 2.84. The van der Waals surface area contributed by atoms with Crippen molar-refractivity contribution >= 4 is 29.0 Å². The zero-order valence-electron chi connectivity index (χ0n) is 14.0. The first-order valence-corrected chi connectivity index (χ1v) is 8.05. The minimum atomic E-state index is -1.31. The molecular formula is C14H23Cl2N2O2S-. The van der Waals surface area contributed by atoms with Crippen LogP contribution in [0.25, 0.3) is 0 Å². The van der Waals surface area contributed by atoms with Crippen LogP contribution >= 0.6 is 22.9 Å². The van der Waals surface area contributed by atoms with E-state index in [-0.39, 0.29) is 18.3 Å². The zero-order chi connectivity index (χ0) is 16.3. The lowest BCUT2D eigenvalue weighted by Gasteiger charge is -2.25. The second kappa shape index (κ2) is 8.81. The molecule has 2 atom stereocenters. The number of hydrogen-bond donors (Lipinski definition) is 1. The highest BCUT2D eigenvalue weighted by molar-refractivity contribution is 7.09. The van der Waals surface area contributed by atoms with Crippen LogP contribution in [0.4, 0.5) is 4.79 Å². The molecule has 0 aromatic carbocycles. The third-order valence-corrected chi connectivity index (χ3v) is 3.86. The summed E-state index contributed by atoms with van der Waals surface area (Å²) in [7, 11) is 0. The molecule has 0 aliphatic carbocycles. The molecule has 0 radical (unpaired) electrons. The lowest BCUT2D eigenvalue weighted by molar-refractivity contribution is -0.0000277. The summed E-state index contributed by atoms with van der Waals surface area (Å²) in [5, 5.41) is 5.00. The number of alkyl halides is 1. The highest BCUT2D eigenvalue weighted by atomic mass is 35.5. The fourth-order valence-corrected chi connectivity index (χ4v) is 2.66. The second-order valence-corrected chi connectivity index (χ2v) is 6.75. The smallest absolute Gasteiger partial charge is 0.408 e. The average molecular weight is 355 g/mol. The Hall–Kier alpha value is -0.520. The normalized spacial score (nSPS) is 16.2. The Morgan fingerprint density at radius 2 is 2.24 bits per heavy atom. The molecule has 7 heteroatoms. The number of thiazole rings is 1. The van der Waals surface area contributed by atoms with E-state index in [9.17, 15) is 4.79 Å². The van der Waals surface area contributed by atoms with Crippen LogP contribution in [0.5, 0.6) is 0 Å². The second-order valence-electron chi connectivity index (χ2n) is 5.63. The highest BCUT2D eigenvalue weighted by Crippen LogP contribution is 2.28. The van der Waals surface area contributed by atoms with E-state index in [2.05, 4.69) is 10.3 Å². The van der Waals surface area contributed by atoms with E-state index >= 15 is 0 Å². The van der Waals surface area contributed by atoms with E-state index in [0.29, 0.717) is 16.6 Å². The minimum Gasteiger partial charge on any atom is -1.00 e. The SMILES string of the molecule is [2H][C@@](NC(=O)OC(C)(C)C)(c1nc(CCl)cs1)[C@@H](C)CC.[Cl-]. The van der Waals surface area contributed by atoms with Crippen LogP contribution in [0, 0.1) is 5.92 Å². The van der Waals surface area contributed by atoms with Crippen LogP contribution in [0.3, 0.4) is 0 Å². The van der Waals surface area contributed by atoms with E-state index in [4.69, 9.17) is 17.7 Å². The van der Waals surface area contributed by atoms with E-state index < -0.39 is 17.7 Å². The minimum absolute atomic E-state index is 0. The summed E-state index contributed by atoms with van der Waals surface area (Å²) in [5.41, 5.74) is 0.104. The third-order valence-electron chi connectivity index (χ3n) is 2.66. The summed E-state index contributed by atoms with van der Waals surface area (Å²) >= 11 is 7.10. The van der Waals surface area contributed by atoms with Gasteiger partial charge in [-0.15, -0.1) is 22.9 Å². The van der Waals surface area contributed by atoms with E-state index in [0.717, 1.165) is 6.42 Å². The van der Waals surface area contributed by atoms with Crippen LogP contribution in [-0.4, -0.2) is 16.7 Å². The predicted molar refractivity (Wildman–Crippen MR) is 83.2 cm³/mol. The van der Waals surface area contributed by atoms with Crippen LogP contribution in [0.2, 0.25) is 0 Å². The number of nitrogens with zero attached hydrogens (tertiary/aromatic N) is 1. The quantitative estimate of drug-likeness (QED) is 0.815. The van der Waals surface area contributed by atoms with Crippen molar-refractivity contribution in [2.24, 2.45) is 5.92 Å². The molecule has 0 aliphatic rings. The maximum Gasteiger partial charge on any atom is 0.408 e. The zero-order valence-corrected chi connectivity index (χ0v) is 15.3. The van der Waals surface area contributed by atoms with E-state index in [1.54, 1.807) is 20.8 Å². The summed E-state index contributed by atoms with van der Waals surface area (Å²) in [4.78, 5) is 16.4. The first-order chi connectivity index (χ1) is 9.62. The van der Waals surface area contributed by atoms with Crippen molar-refractivity contribution in [1.29, 1.82) is 0 Å². The van der Waals surface area contributed by atoms with Crippen molar-refractivity contribution < 1.29 is 23.3 Å². The molecule has 0 spiro atoms. The molecule has 0 unspecified atom stereocenters. The summed E-state index contributed by atoms with van der Waals surface area (Å²) in [5.74, 6) is 0.179. The molecule has 122 valence electrons. The molecule has 0 fully saturated rings. The largest absolute Gasteiger partial charge is 1.00 e. The van der Waals surface area contributed by atoms with Gasteiger partial charge >= 0.3 is 6.09 Å². The first kappa shape index (κ1) is 18.5. The molecule has 1 N–H and O–H groups in total. The lowest BCUT2D eigenvalue weighted by Crippen LogP contribution is -3.00. The van der Waals surface area contributed by atoms with Gasteiger partial charge in [-0.25, -0.2) is 9.78 Å². The maximum atomic E-state index is 12.0. The number of alkyl carbamates (subject to hydrolysis) is 1. The summed E-state index contributed by atoms with van der Waals surface area (Å²) in [6, 6.07) is -1.31. The van der Waals surface area contributed by atoms with Gasteiger partial charge in [-0.05, 0) is 26.7 Å². The molecule has 1 amide bonds. The van der Waals surface area contributed by atoms with Gasteiger partial charge in [0.05, 0.1) is 19.0 Å². The Bertz CT molecular complexity index is 493. The topological polar surface area (TPSA) is 51.2 Å². The fraction of sp³-hybridized carbons (Fsp3) is 0.714.